The maximum Gasteiger partial charge on any atom is 0.378 e. The van der Waals surface area contributed by atoms with Crippen LogP contribution in [0.2, 0.25) is 0 Å². The monoisotopic (exact) mass is 371 g/mol. The highest BCUT2D eigenvalue weighted by molar-refractivity contribution is 7.62. The molecule has 0 unspecified atom stereocenters. The van der Waals surface area contributed by atoms with E-state index < -0.39 is 7.60 Å². The summed E-state index contributed by atoms with van der Waals surface area (Å²) in [5.74, 6) is 0. The molecule has 26 heavy (non-hydrogen) atoms. The Morgan fingerprint density at radius 3 is 2.08 bits per heavy atom. The first-order valence-corrected chi connectivity index (χ1v) is 10.5. The standard InChI is InChI=1S/C21H26NO3P/c1-16(2)24-26(23,25-17(3)4)21-14-19-12-8-9-13-20(19)22(21)15-18-10-6-5-7-11-18/h5-14,16-17H,15H2,1-4H3. The third kappa shape index (κ3) is 4.09. The summed E-state index contributed by atoms with van der Waals surface area (Å²) in [6.07, 6.45) is -0.412. The molecule has 0 saturated carbocycles. The van der Waals surface area contributed by atoms with Gasteiger partial charge in [-0.3, -0.25) is 4.57 Å². The van der Waals surface area contributed by atoms with E-state index >= 15 is 0 Å². The Labute approximate surface area is 155 Å². The van der Waals surface area contributed by atoms with Gasteiger partial charge < -0.3 is 13.6 Å². The molecule has 4 nitrogen and oxygen atoms in total. The Hall–Kier alpha value is -1.87. The molecule has 0 amide bonds. The maximum atomic E-state index is 13.8. The summed E-state index contributed by atoms with van der Waals surface area (Å²) >= 11 is 0. The number of fused-ring (bicyclic) bond motifs is 1. The summed E-state index contributed by atoms with van der Waals surface area (Å²) in [6, 6.07) is 20.1. The van der Waals surface area contributed by atoms with Crippen LogP contribution in [-0.4, -0.2) is 16.8 Å². The molecular weight excluding hydrogens is 345 g/mol. The van der Waals surface area contributed by atoms with Crippen molar-refractivity contribution in [3.63, 3.8) is 0 Å². The van der Waals surface area contributed by atoms with Gasteiger partial charge in [-0.2, -0.15) is 0 Å². The minimum atomic E-state index is -3.47. The summed E-state index contributed by atoms with van der Waals surface area (Å²) in [4.78, 5) is 0. The number of rotatable bonds is 7. The van der Waals surface area contributed by atoms with Crippen LogP contribution < -0.4 is 5.44 Å². The molecule has 0 bridgehead atoms. The number of para-hydroxylation sites is 1. The van der Waals surface area contributed by atoms with Crippen molar-refractivity contribution in [1.29, 1.82) is 0 Å². The molecule has 0 spiro atoms. The first-order valence-electron chi connectivity index (χ1n) is 8.98. The molecule has 138 valence electrons. The van der Waals surface area contributed by atoms with Gasteiger partial charge >= 0.3 is 7.60 Å². The third-order valence-electron chi connectivity index (χ3n) is 3.95. The summed E-state index contributed by atoms with van der Waals surface area (Å²) < 4.78 is 27.5. The largest absolute Gasteiger partial charge is 0.378 e. The van der Waals surface area contributed by atoms with Crippen molar-refractivity contribution in [2.75, 3.05) is 0 Å². The third-order valence-corrected chi connectivity index (χ3v) is 6.28. The maximum absolute atomic E-state index is 13.8. The van der Waals surface area contributed by atoms with Crippen molar-refractivity contribution in [3.05, 3.63) is 66.2 Å². The van der Waals surface area contributed by atoms with E-state index in [0.717, 1.165) is 16.5 Å². The second-order valence-electron chi connectivity index (χ2n) is 6.94. The zero-order valence-electron chi connectivity index (χ0n) is 15.8. The van der Waals surface area contributed by atoms with Crippen LogP contribution in [0.3, 0.4) is 0 Å². The van der Waals surface area contributed by atoms with Crippen LogP contribution in [0.4, 0.5) is 0 Å². The second-order valence-corrected chi connectivity index (χ2v) is 8.81. The summed E-state index contributed by atoms with van der Waals surface area (Å²) in [7, 11) is -3.47. The molecular formula is C21H26NO3P. The van der Waals surface area contributed by atoms with Crippen LogP contribution in [0, 0.1) is 0 Å². The normalized spacial score (nSPS) is 12.4. The minimum absolute atomic E-state index is 0.206. The molecule has 0 atom stereocenters. The van der Waals surface area contributed by atoms with Crippen LogP contribution >= 0.6 is 7.60 Å². The van der Waals surface area contributed by atoms with E-state index in [1.165, 1.54) is 0 Å². The fourth-order valence-electron chi connectivity index (χ4n) is 3.04. The van der Waals surface area contributed by atoms with E-state index in [1.54, 1.807) is 0 Å². The molecule has 1 aromatic heterocycles. The first kappa shape index (κ1) is 18.9. The van der Waals surface area contributed by atoms with Crippen molar-refractivity contribution < 1.29 is 13.6 Å². The molecule has 2 aromatic carbocycles. The highest BCUT2D eigenvalue weighted by Crippen LogP contribution is 2.50. The van der Waals surface area contributed by atoms with Gasteiger partial charge in [-0.1, -0.05) is 48.5 Å². The molecule has 5 heteroatoms. The highest BCUT2D eigenvalue weighted by atomic mass is 31.2. The molecule has 0 N–H and O–H groups in total. The number of hydrogen-bond donors (Lipinski definition) is 0. The van der Waals surface area contributed by atoms with Crippen LogP contribution in [0.15, 0.2) is 60.7 Å². The number of benzene rings is 2. The van der Waals surface area contributed by atoms with E-state index in [9.17, 15) is 4.57 Å². The summed E-state index contributed by atoms with van der Waals surface area (Å²) in [6.45, 7) is 8.11. The van der Waals surface area contributed by atoms with Gasteiger partial charge in [0.1, 0.15) is 5.44 Å². The number of nitrogens with zero attached hydrogens (tertiary/aromatic N) is 1. The Morgan fingerprint density at radius 1 is 0.885 bits per heavy atom. The van der Waals surface area contributed by atoms with Gasteiger partial charge in [-0.05, 0) is 45.4 Å². The topological polar surface area (TPSA) is 40.5 Å². The zero-order valence-corrected chi connectivity index (χ0v) is 16.6. The van der Waals surface area contributed by atoms with Gasteiger partial charge in [0.05, 0.1) is 12.2 Å². The van der Waals surface area contributed by atoms with Gasteiger partial charge in [0.15, 0.2) is 0 Å². The molecule has 3 rings (SSSR count). The van der Waals surface area contributed by atoms with Crippen molar-refractivity contribution in [1.82, 2.24) is 4.57 Å². The number of hydrogen-bond acceptors (Lipinski definition) is 3. The molecule has 0 fully saturated rings. The van der Waals surface area contributed by atoms with Crippen LogP contribution in [-0.2, 0) is 20.2 Å². The Balaban J connectivity index is 2.17. The van der Waals surface area contributed by atoms with Gasteiger partial charge in [0.2, 0.25) is 0 Å². The zero-order chi connectivity index (χ0) is 18.7. The predicted molar refractivity (Wildman–Crippen MR) is 107 cm³/mol. The number of aromatic nitrogens is 1. The Bertz CT molecular complexity index is 901. The smallest absolute Gasteiger partial charge is 0.330 e. The quantitative estimate of drug-likeness (QED) is 0.525. The molecule has 1 heterocycles. The van der Waals surface area contributed by atoms with E-state index in [0.29, 0.717) is 12.0 Å². The molecule has 0 aliphatic rings. The lowest BCUT2D eigenvalue weighted by molar-refractivity contribution is 0.149. The fraction of sp³-hybridized carbons (Fsp3) is 0.333. The Morgan fingerprint density at radius 2 is 1.46 bits per heavy atom. The lowest BCUT2D eigenvalue weighted by Gasteiger charge is -2.24. The van der Waals surface area contributed by atoms with E-state index in [2.05, 4.69) is 16.7 Å². The van der Waals surface area contributed by atoms with Crippen LogP contribution in [0.5, 0.6) is 0 Å². The summed E-state index contributed by atoms with van der Waals surface area (Å²) in [5, 5.41) is 1.03. The van der Waals surface area contributed by atoms with E-state index in [1.807, 2.05) is 76.2 Å². The molecule has 3 aromatic rings. The lowest BCUT2D eigenvalue weighted by atomic mass is 10.2. The average molecular weight is 371 g/mol. The van der Waals surface area contributed by atoms with Gasteiger partial charge in [0, 0.05) is 17.4 Å². The van der Waals surface area contributed by atoms with Crippen molar-refractivity contribution in [2.24, 2.45) is 0 Å². The van der Waals surface area contributed by atoms with Crippen molar-refractivity contribution in [3.8, 4) is 0 Å². The van der Waals surface area contributed by atoms with Gasteiger partial charge in [-0.15, -0.1) is 0 Å². The van der Waals surface area contributed by atoms with E-state index in [-0.39, 0.29) is 12.2 Å². The average Bonchev–Trinajstić information content (AvgIpc) is 2.94. The minimum Gasteiger partial charge on any atom is -0.330 e. The van der Waals surface area contributed by atoms with Crippen LogP contribution in [0.1, 0.15) is 33.3 Å². The fourth-order valence-corrected chi connectivity index (χ4v) is 5.19. The van der Waals surface area contributed by atoms with Crippen LogP contribution in [0.25, 0.3) is 10.9 Å². The van der Waals surface area contributed by atoms with E-state index in [4.69, 9.17) is 9.05 Å². The summed E-state index contributed by atoms with van der Waals surface area (Å²) in [5.41, 5.74) is 2.76. The molecule has 0 aliphatic heterocycles. The van der Waals surface area contributed by atoms with Gasteiger partial charge in [-0.25, -0.2) is 0 Å². The second kappa shape index (κ2) is 7.79. The Kier molecular flexibility index (Phi) is 5.67. The first-order chi connectivity index (χ1) is 12.4. The molecule has 0 saturated heterocycles. The van der Waals surface area contributed by atoms with Crippen molar-refractivity contribution >= 4 is 23.9 Å². The SMILES string of the molecule is CC(C)OP(=O)(OC(C)C)c1cc2ccccc2n1Cc1ccccc1. The molecule has 0 aliphatic carbocycles. The molecule has 0 radical (unpaired) electrons. The lowest BCUT2D eigenvalue weighted by Crippen LogP contribution is -2.23. The van der Waals surface area contributed by atoms with Crippen molar-refractivity contribution in [2.45, 2.75) is 46.4 Å². The highest BCUT2D eigenvalue weighted by Gasteiger charge is 2.34. The van der Waals surface area contributed by atoms with Gasteiger partial charge in [0.25, 0.3) is 0 Å². The predicted octanol–water partition coefficient (Wildman–Crippen LogP) is 5.36.